The molecule has 2 aliphatic heterocycles. The standard InChI is InChI=1S/C22H27N3O2S/c28-22(24-14-19-8-9-20-21(12-19)27-16-26-20)23-13-17-4-6-18(7-5-17)15-25-10-2-1-3-11-25/h4-9,12H,1-3,10-11,13-16H2,(H2,23,24,28)/p+1. The number of rotatable bonds is 6. The first kappa shape index (κ1) is 19.0. The van der Waals surface area contributed by atoms with Crippen molar-refractivity contribution in [1.29, 1.82) is 0 Å². The van der Waals surface area contributed by atoms with Crippen LogP contribution in [0.4, 0.5) is 0 Å². The molecule has 0 unspecified atom stereocenters. The molecule has 2 aromatic carbocycles. The summed E-state index contributed by atoms with van der Waals surface area (Å²) in [7, 11) is 0. The fourth-order valence-electron chi connectivity index (χ4n) is 3.77. The Labute approximate surface area is 172 Å². The fourth-order valence-corrected chi connectivity index (χ4v) is 3.91. The Morgan fingerprint density at radius 2 is 1.46 bits per heavy atom. The quantitative estimate of drug-likeness (QED) is 0.651. The van der Waals surface area contributed by atoms with E-state index in [1.54, 1.807) is 4.90 Å². The second-order valence-corrected chi connectivity index (χ2v) is 7.94. The molecule has 3 N–H and O–H groups in total. The third kappa shape index (κ3) is 5.14. The van der Waals surface area contributed by atoms with Gasteiger partial charge in [-0.05, 0) is 54.7 Å². The van der Waals surface area contributed by atoms with Gasteiger partial charge in [-0.15, -0.1) is 0 Å². The minimum Gasteiger partial charge on any atom is -0.454 e. The summed E-state index contributed by atoms with van der Waals surface area (Å²) >= 11 is 5.40. The third-order valence-corrected chi connectivity index (χ3v) is 5.67. The van der Waals surface area contributed by atoms with Crippen molar-refractivity contribution in [1.82, 2.24) is 10.6 Å². The van der Waals surface area contributed by atoms with Crippen LogP contribution in [-0.2, 0) is 19.6 Å². The van der Waals surface area contributed by atoms with E-state index in [0.717, 1.165) is 30.2 Å². The first-order valence-corrected chi connectivity index (χ1v) is 10.5. The number of hydrogen-bond acceptors (Lipinski definition) is 3. The molecule has 0 amide bonds. The summed E-state index contributed by atoms with van der Waals surface area (Å²) in [5.41, 5.74) is 3.77. The van der Waals surface area contributed by atoms with Gasteiger partial charge < -0.3 is 25.0 Å². The van der Waals surface area contributed by atoms with E-state index in [-0.39, 0.29) is 0 Å². The van der Waals surface area contributed by atoms with Crippen LogP contribution in [0.15, 0.2) is 42.5 Å². The number of hydrogen-bond donors (Lipinski definition) is 3. The maximum absolute atomic E-state index is 5.41. The van der Waals surface area contributed by atoms with Gasteiger partial charge in [0.15, 0.2) is 16.6 Å². The van der Waals surface area contributed by atoms with Crippen LogP contribution in [0.3, 0.4) is 0 Å². The molecule has 28 heavy (non-hydrogen) atoms. The highest BCUT2D eigenvalue weighted by atomic mass is 32.1. The molecule has 0 saturated carbocycles. The summed E-state index contributed by atoms with van der Waals surface area (Å²) < 4.78 is 10.7. The first-order valence-electron chi connectivity index (χ1n) is 10.1. The van der Waals surface area contributed by atoms with Gasteiger partial charge in [0.1, 0.15) is 6.54 Å². The van der Waals surface area contributed by atoms with Crippen LogP contribution in [0.5, 0.6) is 11.5 Å². The summed E-state index contributed by atoms with van der Waals surface area (Å²) in [5, 5.41) is 7.18. The zero-order valence-corrected chi connectivity index (χ0v) is 16.9. The van der Waals surface area contributed by atoms with Crippen molar-refractivity contribution in [3.05, 3.63) is 59.2 Å². The van der Waals surface area contributed by atoms with Gasteiger partial charge in [0.25, 0.3) is 0 Å². The van der Waals surface area contributed by atoms with E-state index in [9.17, 15) is 0 Å². The van der Waals surface area contributed by atoms with Gasteiger partial charge in [-0.25, -0.2) is 0 Å². The molecule has 5 nitrogen and oxygen atoms in total. The molecule has 4 rings (SSSR count). The van der Waals surface area contributed by atoms with Crippen LogP contribution in [-0.4, -0.2) is 25.0 Å². The predicted octanol–water partition coefficient (Wildman–Crippen LogP) is 2.15. The summed E-state index contributed by atoms with van der Waals surface area (Å²) in [4.78, 5) is 1.71. The topological polar surface area (TPSA) is 47.0 Å². The third-order valence-electron chi connectivity index (χ3n) is 5.38. The number of benzene rings is 2. The summed E-state index contributed by atoms with van der Waals surface area (Å²) in [5.74, 6) is 1.60. The molecular formula is C22H28N3O2S+. The molecule has 1 fully saturated rings. The van der Waals surface area contributed by atoms with E-state index in [4.69, 9.17) is 21.7 Å². The SMILES string of the molecule is S=C(NCc1ccc(C[NH+]2CCCCC2)cc1)NCc1ccc2c(c1)OCO2. The normalized spacial score (nSPS) is 16.0. The molecule has 1 saturated heterocycles. The van der Waals surface area contributed by atoms with Crippen LogP contribution >= 0.6 is 12.2 Å². The van der Waals surface area contributed by atoms with E-state index >= 15 is 0 Å². The van der Waals surface area contributed by atoms with Crippen LogP contribution in [0.25, 0.3) is 0 Å². The first-order chi connectivity index (χ1) is 13.8. The lowest BCUT2D eigenvalue weighted by molar-refractivity contribution is -0.918. The van der Waals surface area contributed by atoms with Gasteiger partial charge in [-0.2, -0.15) is 0 Å². The Bertz CT molecular complexity index is 804. The molecule has 2 heterocycles. The highest BCUT2D eigenvalue weighted by Crippen LogP contribution is 2.32. The smallest absolute Gasteiger partial charge is 0.231 e. The molecule has 6 heteroatoms. The molecule has 0 bridgehead atoms. The van der Waals surface area contributed by atoms with Crippen molar-refractivity contribution < 1.29 is 14.4 Å². The van der Waals surface area contributed by atoms with Crippen molar-refractivity contribution in [2.24, 2.45) is 0 Å². The van der Waals surface area contributed by atoms with E-state index in [2.05, 4.69) is 34.9 Å². The van der Waals surface area contributed by atoms with Crippen LogP contribution in [0, 0.1) is 0 Å². The maximum atomic E-state index is 5.41. The largest absolute Gasteiger partial charge is 0.454 e. The van der Waals surface area contributed by atoms with Gasteiger partial charge in [0.05, 0.1) is 13.1 Å². The average molecular weight is 399 g/mol. The Morgan fingerprint density at radius 3 is 2.25 bits per heavy atom. The highest BCUT2D eigenvalue weighted by molar-refractivity contribution is 7.80. The Morgan fingerprint density at radius 1 is 0.821 bits per heavy atom. The highest BCUT2D eigenvalue weighted by Gasteiger charge is 2.14. The minimum atomic E-state index is 0.296. The van der Waals surface area contributed by atoms with E-state index < -0.39 is 0 Å². The number of thiocarbonyl (C=S) groups is 1. The van der Waals surface area contributed by atoms with Crippen molar-refractivity contribution in [3.63, 3.8) is 0 Å². The zero-order chi connectivity index (χ0) is 19.2. The summed E-state index contributed by atoms with van der Waals surface area (Å²) in [6, 6.07) is 14.8. The second-order valence-electron chi connectivity index (χ2n) is 7.53. The van der Waals surface area contributed by atoms with Crippen LogP contribution in [0.2, 0.25) is 0 Å². The fraction of sp³-hybridized carbons (Fsp3) is 0.409. The Hall–Kier alpha value is -2.31. The lowest BCUT2D eigenvalue weighted by atomic mass is 10.1. The number of fused-ring (bicyclic) bond motifs is 1. The zero-order valence-electron chi connectivity index (χ0n) is 16.1. The van der Waals surface area contributed by atoms with Gasteiger partial charge >= 0.3 is 0 Å². The lowest BCUT2D eigenvalue weighted by Crippen LogP contribution is -3.11. The summed E-state index contributed by atoms with van der Waals surface area (Å²) in [6.45, 7) is 5.44. The maximum Gasteiger partial charge on any atom is 0.231 e. The van der Waals surface area contributed by atoms with Crippen molar-refractivity contribution in [2.45, 2.75) is 38.9 Å². The average Bonchev–Trinajstić information content (AvgIpc) is 3.20. The molecule has 0 spiro atoms. The minimum absolute atomic E-state index is 0.296. The number of nitrogens with one attached hydrogen (secondary N) is 3. The van der Waals surface area contributed by atoms with Crippen LogP contribution in [0.1, 0.15) is 36.0 Å². The van der Waals surface area contributed by atoms with Crippen molar-refractivity contribution in [2.75, 3.05) is 19.9 Å². The molecule has 2 aliphatic rings. The molecule has 2 aromatic rings. The second kappa shape index (κ2) is 9.26. The van der Waals surface area contributed by atoms with E-state index in [1.807, 2.05) is 18.2 Å². The molecule has 0 aromatic heterocycles. The van der Waals surface area contributed by atoms with Crippen molar-refractivity contribution >= 4 is 17.3 Å². The van der Waals surface area contributed by atoms with Gasteiger partial charge in [0.2, 0.25) is 6.79 Å². The lowest BCUT2D eigenvalue weighted by Gasteiger charge is -2.23. The van der Waals surface area contributed by atoms with Gasteiger partial charge in [-0.3, -0.25) is 0 Å². The molecule has 148 valence electrons. The molecule has 0 atom stereocenters. The number of ether oxygens (including phenoxy) is 2. The number of likely N-dealkylation sites (tertiary alicyclic amines) is 1. The van der Waals surface area contributed by atoms with Crippen molar-refractivity contribution in [3.8, 4) is 11.5 Å². The number of piperidine rings is 1. The number of quaternary nitrogens is 1. The predicted molar refractivity (Wildman–Crippen MR) is 114 cm³/mol. The molecule has 0 radical (unpaired) electrons. The van der Waals surface area contributed by atoms with E-state index in [0.29, 0.717) is 18.5 Å². The monoisotopic (exact) mass is 398 g/mol. The Balaban J connectivity index is 1.20. The van der Waals surface area contributed by atoms with Gasteiger partial charge in [0, 0.05) is 18.7 Å². The summed E-state index contributed by atoms with van der Waals surface area (Å²) in [6.07, 6.45) is 4.14. The molecular weight excluding hydrogens is 370 g/mol. The Kier molecular flexibility index (Phi) is 6.29. The van der Waals surface area contributed by atoms with Gasteiger partial charge in [-0.1, -0.05) is 30.3 Å². The van der Waals surface area contributed by atoms with Crippen LogP contribution < -0.4 is 25.0 Å². The van der Waals surface area contributed by atoms with E-state index in [1.165, 1.54) is 43.5 Å². The molecule has 0 aliphatic carbocycles.